The smallest absolute Gasteiger partial charge is 0.449 e. The number of hydrogen-bond acceptors (Lipinski definition) is 30. The molecular formula is C61H81N10O30P4S4+. The summed E-state index contributed by atoms with van der Waals surface area (Å²) in [6.45, 7) is 9.14. The molecule has 2 fully saturated rings. The largest absolute Gasteiger partial charge is 0.490 e. The summed E-state index contributed by atoms with van der Waals surface area (Å²) < 4.78 is 122. The molecule has 3 unspecified atom stereocenters. The summed E-state index contributed by atoms with van der Waals surface area (Å²) in [4.78, 5) is 131. The predicted molar refractivity (Wildman–Crippen MR) is 392 cm³/mol. The topological polar surface area (TPSA) is 577 Å². The molecule has 3 amide bonds. The van der Waals surface area contributed by atoms with Crippen molar-refractivity contribution in [1.29, 1.82) is 0 Å². The summed E-state index contributed by atoms with van der Waals surface area (Å²) in [7, 11) is -24.1. The molecule has 0 bridgehead atoms. The van der Waals surface area contributed by atoms with Gasteiger partial charge in [0.25, 0.3) is 10.1 Å². The number of aliphatic hydroxyl groups excluding tert-OH is 2. The molecule has 8 rings (SSSR count). The van der Waals surface area contributed by atoms with Crippen LogP contribution in [0.1, 0.15) is 109 Å². The van der Waals surface area contributed by atoms with E-state index in [9.17, 15) is 75.2 Å². The first-order chi connectivity index (χ1) is 51.1. The molecule has 48 heteroatoms. The number of aromatic nitrogens is 4. The summed E-state index contributed by atoms with van der Waals surface area (Å²) in [5.74, 6) is 4.15. The van der Waals surface area contributed by atoms with Crippen molar-refractivity contribution in [2.24, 2.45) is 0 Å². The van der Waals surface area contributed by atoms with Gasteiger partial charge in [-0.25, -0.2) is 37.9 Å². The average molecular weight is 1690 g/mol. The predicted octanol–water partition coefficient (Wildman–Crippen LogP) is 5.23. The molecule has 0 saturated carbocycles. The molecule has 2 aromatic carbocycles. The Labute approximate surface area is 634 Å². The number of allylic oxidation sites excluding steroid dienone is 6. The van der Waals surface area contributed by atoms with Crippen molar-refractivity contribution in [3.05, 3.63) is 129 Å². The number of hydrogen-bond donors (Lipinski definition) is 14. The quantitative estimate of drug-likeness (QED) is 0.00262. The standard InChI is InChI=1S/C61H80N10O30P4S4/c1-6-68-43-21-19-38(108-99-98-79)29-40(43)60(2,3)49(68)16-9-7-10-17-50-61(4,5)41-30-39(109(90,91)92)20-22-44(41)69(50)25-12-8-11-18-52(74)64-42(56(75)63-24-13-15-37-33-71(58(77)67-55(37)62)54-32-46(73)47(97-54)34-94-102(80,81)82)36-107-106-28-14-27-93-59(78)66-51-23-26-70(57(76)65-51)53-31-45(72)48(96-53)35-95-104(86,87)101-105(88,89)100-103(83,84)85/h7,9-10,16-17,19-23,26,29-30,33,42,45-48,53-54,72-73H,6,8,11-12,14,18,24-25,27-28,31-32,34-36H2,1-5H3,(H12-,62,63,64,65,66,67,74,75,76,77,78,79,80,81,82,83,84,85,86,87,88,89,90,91,92)/p+1/t42?,45-,46-,47-,48-,53-,54-/m1/s1. The molecule has 6 heterocycles. The van der Waals surface area contributed by atoms with Crippen molar-refractivity contribution in [3.8, 4) is 11.8 Å². The van der Waals surface area contributed by atoms with Gasteiger partial charge in [-0.05, 0) is 88.1 Å². The number of phosphoric ester groups is 2. The monoisotopic (exact) mass is 1690 g/mol. The molecule has 109 heavy (non-hydrogen) atoms. The van der Waals surface area contributed by atoms with Crippen molar-refractivity contribution in [3.63, 3.8) is 0 Å². The number of nitrogens with zero attached hydrogens (tertiary/aromatic N) is 6. The molecule has 15 N–H and O–H groups in total. The Morgan fingerprint density at radius 3 is 2.17 bits per heavy atom. The number of nitrogens with one attached hydrogen (secondary N) is 3. The number of nitrogens with two attached hydrogens (primary N) is 1. The van der Waals surface area contributed by atoms with E-state index in [-0.39, 0.29) is 66.7 Å². The highest BCUT2D eigenvalue weighted by Crippen LogP contribution is 2.66. The van der Waals surface area contributed by atoms with Crippen LogP contribution in [0.4, 0.5) is 27.8 Å². The minimum atomic E-state index is -5.83. The molecule has 9 atom stereocenters. The van der Waals surface area contributed by atoms with Gasteiger partial charge in [-0.2, -0.15) is 31.6 Å². The zero-order valence-electron chi connectivity index (χ0n) is 58.6. The number of unbranched alkanes of at least 4 members (excludes halogenated alkanes) is 2. The van der Waals surface area contributed by atoms with Crippen molar-refractivity contribution in [2.45, 2.75) is 143 Å². The number of benzene rings is 2. The van der Waals surface area contributed by atoms with E-state index in [0.717, 1.165) is 60.6 Å². The SMILES string of the molecule is CC[N+]1=C(/C=C/C=C/C=C2/N(CCCCCC(=O)NC(CSSCCCOC(=O)Nc3ccn([C@H]4C[C@@H](O)[C@@H](COP(=O)(O)OP(=O)(O)OP(=O)(O)O)O4)c(=O)n3)C(=O)NCC#Cc3cn([C@H]4C[C@@H](O)[C@@H](COP(=O)(O)O)O4)c(=O)nc3N)c3ccc(S(=O)(=O)O)cc3C2(C)C)C(C)(C)c2cc(SOOO)ccc21. The lowest BCUT2D eigenvalue weighted by Crippen LogP contribution is -2.48. The lowest BCUT2D eigenvalue weighted by Gasteiger charge is -2.27. The molecule has 0 spiro atoms. The lowest BCUT2D eigenvalue weighted by molar-refractivity contribution is -0.433. The van der Waals surface area contributed by atoms with Crippen molar-refractivity contribution in [2.75, 3.05) is 66.9 Å². The van der Waals surface area contributed by atoms with E-state index in [2.05, 4.69) is 95.0 Å². The number of carbonyl (C=O) groups excluding carboxylic acids is 3. The van der Waals surface area contributed by atoms with Gasteiger partial charge in [-0.15, -0.1) is 4.33 Å². The first-order valence-electron chi connectivity index (χ1n) is 32.9. The third-order valence-electron chi connectivity index (χ3n) is 17.0. The first kappa shape index (κ1) is 88.2. The Morgan fingerprint density at radius 1 is 0.826 bits per heavy atom. The fourth-order valence-corrected chi connectivity index (χ4v) is 18.4. The molecule has 40 nitrogen and oxygen atoms in total. The molecule has 598 valence electrons. The van der Waals surface area contributed by atoms with Crippen LogP contribution in [-0.2, 0) is 90.0 Å². The van der Waals surface area contributed by atoms with Crippen LogP contribution in [0.25, 0.3) is 0 Å². The number of rotatable bonds is 37. The Balaban J connectivity index is 0.863. The maximum absolute atomic E-state index is 13.9. The van der Waals surface area contributed by atoms with Crippen LogP contribution in [0.15, 0.2) is 110 Å². The normalized spacial score (nSPS) is 21.4. The Hall–Kier alpha value is -6.34. The number of phosphoric acid groups is 4. The molecule has 2 saturated heterocycles. The molecule has 4 aliphatic heterocycles. The summed E-state index contributed by atoms with van der Waals surface area (Å²) in [5.41, 5.74) is 8.30. The number of anilines is 3. The fourth-order valence-electron chi connectivity index (χ4n) is 11.9. The minimum absolute atomic E-state index is 0.00504. The van der Waals surface area contributed by atoms with Crippen LogP contribution in [0.3, 0.4) is 0 Å². The van der Waals surface area contributed by atoms with E-state index < -0.39 is 138 Å². The Morgan fingerprint density at radius 2 is 1.51 bits per heavy atom. The van der Waals surface area contributed by atoms with E-state index >= 15 is 0 Å². The number of fused-ring (bicyclic) bond motifs is 2. The zero-order chi connectivity index (χ0) is 80.0. The molecular weight excluding hydrogens is 1600 g/mol. The van der Waals surface area contributed by atoms with Crippen LogP contribution < -0.4 is 38.0 Å². The van der Waals surface area contributed by atoms with Crippen molar-refractivity contribution < 1.29 is 136 Å². The van der Waals surface area contributed by atoms with Gasteiger partial charge >= 0.3 is 48.8 Å². The number of ether oxygens (including phenoxy) is 3. The fraction of sp³-hybridized carbons (Fsp3) is 0.475. The van der Waals surface area contributed by atoms with Gasteiger partial charge in [-0.1, -0.05) is 77.0 Å². The van der Waals surface area contributed by atoms with Gasteiger partial charge in [0.15, 0.2) is 5.71 Å². The van der Waals surface area contributed by atoms with Crippen molar-refractivity contribution >= 4 is 122 Å². The first-order valence-corrected chi connectivity index (χ1v) is 43.6. The minimum Gasteiger partial charge on any atom is -0.449 e. The summed E-state index contributed by atoms with van der Waals surface area (Å²) >= 11 is 0.875. The van der Waals surface area contributed by atoms with Gasteiger partial charge in [0, 0.05) is 89.1 Å². The van der Waals surface area contributed by atoms with Gasteiger partial charge in [0.2, 0.25) is 17.5 Å². The molecule has 2 aromatic heterocycles. The number of carbonyl (C=O) groups is 3. The average Bonchev–Trinajstić information content (AvgIpc) is 1.59. The highest BCUT2D eigenvalue weighted by molar-refractivity contribution is 8.76. The number of amides is 3. The third-order valence-corrected chi connectivity index (χ3v) is 25.2. The summed E-state index contributed by atoms with van der Waals surface area (Å²) in [6.07, 6.45) is 4.36. The van der Waals surface area contributed by atoms with Gasteiger partial charge in [-0.3, -0.25) is 37.6 Å². The number of aliphatic hydroxyl groups is 2. The van der Waals surface area contributed by atoms with Gasteiger partial charge < -0.3 is 75.1 Å². The van der Waals surface area contributed by atoms with E-state index in [0.29, 0.717) is 43.7 Å². The third kappa shape index (κ3) is 24.8. The van der Waals surface area contributed by atoms with Crippen LogP contribution in [-0.4, -0.2) is 187 Å². The molecule has 4 aromatic rings. The van der Waals surface area contributed by atoms with E-state index in [1.807, 2.05) is 62.4 Å². The highest BCUT2D eigenvalue weighted by Gasteiger charge is 2.46. The Kier molecular flexibility index (Phi) is 30.8. The second-order valence-electron chi connectivity index (χ2n) is 25.3. The molecule has 4 aliphatic rings. The highest BCUT2D eigenvalue weighted by atomic mass is 33.1. The second-order valence-corrected chi connectivity index (χ2v) is 35.8. The van der Waals surface area contributed by atoms with Gasteiger partial charge in [0.05, 0.1) is 66.5 Å². The second kappa shape index (κ2) is 38.0. The molecule has 0 aliphatic carbocycles. The summed E-state index contributed by atoms with van der Waals surface area (Å²) in [5, 5.41) is 41.2. The maximum Gasteiger partial charge on any atom is 0.490 e. The van der Waals surface area contributed by atoms with Crippen LogP contribution in [0.5, 0.6) is 0 Å². The van der Waals surface area contributed by atoms with E-state index in [1.54, 1.807) is 6.07 Å². The van der Waals surface area contributed by atoms with Crippen LogP contribution >= 0.6 is 64.9 Å². The number of nitrogen functional groups attached to an aromatic ring is 1. The lowest BCUT2D eigenvalue weighted by atomic mass is 9.81. The van der Waals surface area contributed by atoms with E-state index in [1.165, 1.54) is 46.0 Å². The van der Waals surface area contributed by atoms with Gasteiger partial charge in [0.1, 0.15) is 48.9 Å². The zero-order valence-corrected chi connectivity index (χ0v) is 65.4. The Bertz CT molecular complexity index is 4660. The van der Waals surface area contributed by atoms with Crippen molar-refractivity contribution in [1.82, 2.24) is 29.7 Å². The van der Waals surface area contributed by atoms with Crippen LogP contribution in [0.2, 0.25) is 0 Å². The van der Waals surface area contributed by atoms with E-state index in [4.69, 9.17) is 44.8 Å². The van der Waals surface area contributed by atoms with Crippen LogP contribution in [0, 0.1) is 11.8 Å². The summed E-state index contributed by atoms with van der Waals surface area (Å²) in [6, 6.07) is 10.3. The molecule has 0 radical (unpaired) electrons. The maximum atomic E-state index is 13.9.